The molecule has 25 heavy (non-hydrogen) atoms. The molecule has 0 radical (unpaired) electrons. The first-order chi connectivity index (χ1) is 12.0. The summed E-state index contributed by atoms with van der Waals surface area (Å²) in [6.45, 7) is 3.88. The van der Waals surface area contributed by atoms with Gasteiger partial charge >= 0.3 is 0 Å². The molecule has 3 rings (SSSR count). The number of rotatable bonds is 5. The number of nitrogen functional groups attached to an aromatic ring is 1. The molecule has 0 spiro atoms. The van der Waals surface area contributed by atoms with E-state index in [2.05, 4.69) is 30.6 Å². The van der Waals surface area contributed by atoms with Crippen LogP contribution in [-0.2, 0) is 0 Å². The lowest BCUT2D eigenvalue weighted by atomic mass is 10.1. The Labute approximate surface area is 144 Å². The number of nitrogens with two attached hydrogens (primary N) is 1. The fourth-order valence-corrected chi connectivity index (χ4v) is 2.34. The summed E-state index contributed by atoms with van der Waals surface area (Å²) in [5, 5.41) is 14.5. The van der Waals surface area contributed by atoms with E-state index in [1.54, 1.807) is 29.2 Å². The fraction of sp³-hybridized carbons (Fsp3) is 0.250. The van der Waals surface area contributed by atoms with E-state index in [0.29, 0.717) is 11.3 Å². The molecule has 128 valence electrons. The lowest BCUT2D eigenvalue weighted by molar-refractivity contribution is 0.0928. The van der Waals surface area contributed by atoms with Gasteiger partial charge in [-0.25, -0.2) is 14.6 Å². The first-order valence-corrected chi connectivity index (χ1v) is 7.75. The fourth-order valence-electron chi connectivity index (χ4n) is 2.34. The normalized spacial score (nSPS) is 13.2. The Kier molecular flexibility index (Phi) is 4.64. The van der Waals surface area contributed by atoms with Crippen LogP contribution in [0.1, 0.15) is 30.2 Å². The van der Waals surface area contributed by atoms with E-state index in [-0.39, 0.29) is 23.9 Å². The summed E-state index contributed by atoms with van der Waals surface area (Å²) in [5.74, 6) is -0.0982. The second-order valence-corrected chi connectivity index (χ2v) is 5.66. The summed E-state index contributed by atoms with van der Waals surface area (Å²) in [6.07, 6.45) is 4.60. The van der Waals surface area contributed by atoms with Crippen molar-refractivity contribution in [3.8, 4) is 11.3 Å². The largest absolute Gasteiger partial charge is 0.366 e. The smallest absolute Gasteiger partial charge is 0.251 e. The third-order valence-corrected chi connectivity index (χ3v) is 3.93. The van der Waals surface area contributed by atoms with Crippen molar-refractivity contribution in [1.29, 1.82) is 0 Å². The minimum atomic E-state index is -0.184. The average molecular weight is 338 g/mol. The quantitative estimate of drug-likeness (QED) is 0.713. The van der Waals surface area contributed by atoms with E-state index in [4.69, 9.17) is 5.73 Å². The van der Waals surface area contributed by atoms with E-state index >= 15 is 0 Å². The van der Waals surface area contributed by atoms with E-state index in [1.165, 1.54) is 12.5 Å². The van der Waals surface area contributed by atoms with Gasteiger partial charge < -0.3 is 11.1 Å². The minimum absolute atomic E-state index is 0.0273. The van der Waals surface area contributed by atoms with Crippen molar-refractivity contribution in [3.05, 3.63) is 48.7 Å². The molecular formula is C16H18N8O. The Morgan fingerprint density at radius 1 is 1.32 bits per heavy atom. The Hall–Kier alpha value is -3.36. The summed E-state index contributed by atoms with van der Waals surface area (Å²) < 4.78 is 1.71. The van der Waals surface area contributed by atoms with E-state index in [0.717, 1.165) is 5.56 Å². The van der Waals surface area contributed by atoms with Gasteiger partial charge in [-0.15, -0.1) is 5.10 Å². The molecule has 0 aliphatic heterocycles. The number of amides is 1. The van der Waals surface area contributed by atoms with Gasteiger partial charge in [-0.2, -0.15) is 10.2 Å². The molecule has 3 N–H and O–H groups in total. The minimum Gasteiger partial charge on any atom is -0.366 e. The number of nitrogens with zero attached hydrogens (tertiary/aromatic N) is 6. The lowest BCUT2D eigenvalue weighted by Crippen LogP contribution is -2.38. The van der Waals surface area contributed by atoms with E-state index < -0.39 is 0 Å². The molecule has 1 amide bonds. The number of carbonyl (C=O) groups is 1. The highest BCUT2D eigenvalue weighted by molar-refractivity contribution is 5.95. The molecule has 0 saturated carbocycles. The SMILES string of the molecule is CC(NC(=O)c1cccc(-c2cnnc(N)n2)c1)C(C)n1cncn1. The summed E-state index contributed by atoms with van der Waals surface area (Å²) in [5.41, 5.74) is 7.39. The third-order valence-electron chi connectivity index (χ3n) is 3.93. The summed E-state index contributed by atoms with van der Waals surface area (Å²) in [6, 6.07) is 6.94. The Bertz CT molecular complexity index is 864. The van der Waals surface area contributed by atoms with Crippen LogP contribution in [0.2, 0.25) is 0 Å². The van der Waals surface area contributed by atoms with E-state index in [1.807, 2.05) is 19.9 Å². The Morgan fingerprint density at radius 2 is 2.16 bits per heavy atom. The van der Waals surface area contributed by atoms with Gasteiger partial charge in [0.25, 0.3) is 5.91 Å². The van der Waals surface area contributed by atoms with Crippen LogP contribution in [0.4, 0.5) is 5.95 Å². The average Bonchev–Trinajstić information content (AvgIpc) is 3.15. The number of aromatic nitrogens is 6. The van der Waals surface area contributed by atoms with Gasteiger partial charge in [0, 0.05) is 17.2 Å². The van der Waals surface area contributed by atoms with Gasteiger partial charge in [0.05, 0.1) is 17.9 Å². The molecule has 2 heterocycles. The molecule has 3 aromatic rings. The molecule has 2 aromatic heterocycles. The highest BCUT2D eigenvalue weighted by Crippen LogP contribution is 2.18. The number of anilines is 1. The number of hydrogen-bond donors (Lipinski definition) is 2. The number of benzene rings is 1. The van der Waals surface area contributed by atoms with Crippen LogP contribution in [0.5, 0.6) is 0 Å². The number of hydrogen-bond acceptors (Lipinski definition) is 7. The van der Waals surface area contributed by atoms with Crippen LogP contribution in [0.25, 0.3) is 11.3 Å². The number of nitrogens with one attached hydrogen (secondary N) is 1. The highest BCUT2D eigenvalue weighted by atomic mass is 16.1. The van der Waals surface area contributed by atoms with Crippen molar-refractivity contribution < 1.29 is 4.79 Å². The maximum absolute atomic E-state index is 12.6. The second-order valence-electron chi connectivity index (χ2n) is 5.66. The van der Waals surface area contributed by atoms with Crippen LogP contribution in [-0.4, -0.2) is 41.9 Å². The van der Waals surface area contributed by atoms with Crippen molar-refractivity contribution in [3.63, 3.8) is 0 Å². The first kappa shape index (κ1) is 16.5. The molecule has 0 fully saturated rings. The predicted octanol–water partition coefficient (Wildman–Crippen LogP) is 1.09. The van der Waals surface area contributed by atoms with Gasteiger partial charge in [0.2, 0.25) is 5.95 Å². The first-order valence-electron chi connectivity index (χ1n) is 7.75. The van der Waals surface area contributed by atoms with Crippen molar-refractivity contribution in [2.75, 3.05) is 5.73 Å². The van der Waals surface area contributed by atoms with Crippen LogP contribution < -0.4 is 11.1 Å². The second kappa shape index (κ2) is 7.04. The van der Waals surface area contributed by atoms with Crippen molar-refractivity contribution in [2.45, 2.75) is 25.9 Å². The van der Waals surface area contributed by atoms with Crippen LogP contribution >= 0.6 is 0 Å². The third kappa shape index (κ3) is 3.77. The van der Waals surface area contributed by atoms with Crippen LogP contribution in [0.3, 0.4) is 0 Å². The van der Waals surface area contributed by atoms with Crippen molar-refractivity contribution in [1.82, 2.24) is 35.3 Å². The van der Waals surface area contributed by atoms with E-state index in [9.17, 15) is 4.79 Å². The Morgan fingerprint density at radius 3 is 2.88 bits per heavy atom. The lowest BCUT2D eigenvalue weighted by Gasteiger charge is -2.21. The monoisotopic (exact) mass is 338 g/mol. The number of carbonyl (C=O) groups excluding carboxylic acids is 1. The standard InChI is InChI=1S/C16H18N8O/c1-10(11(2)24-9-18-8-20-24)21-15(25)13-5-3-4-12(6-13)14-7-19-23-16(17)22-14/h3-11H,1-2H3,(H,21,25)(H2,17,22,23). The van der Waals surface area contributed by atoms with Gasteiger partial charge in [0.1, 0.15) is 12.7 Å². The highest BCUT2D eigenvalue weighted by Gasteiger charge is 2.18. The zero-order valence-electron chi connectivity index (χ0n) is 13.9. The maximum Gasteiger partial charge on any atom is 0.251 e. The van der Waals surface area contributed by atoms with Crippen LogP contribution in [0, 0.1) is 0 Å². The van der Waals surface area contributed by atoms with Gasteiger partial charge in [-0.1, -0.05) is 12.1 Å². The molecule has 9 nitrogen and oxygen atoms in total. The summed E-state index contributed by atoms with van der Waals surface area (Å²) in [7, 11) is 0. The molecule has 0 aliphatic rings. The Balaban J connectivity index is 1.75. The molecule has 2 unspecified atom stereocenters. The van der Waals surface area contributed by atoms with Gasteiger partial charge in [-0.05, 0) is 26.0 Å². The molecule has 0 saturated heterocycles. The van der Waals surface area contributed by atoms with Crippen molar-refractivity contribution in [2.24, 2.45) is 0 Å². The summed E-state index contributed by atoms with van der Waals surface area (Å²) in [4.78, 5) is 20.6. The zero-order valence-corrected chi connectivity index (χ0v) is 13.9. The molecular weight excluding hydrogens is 320 g/mol. The van der Waals surface area contributed by atoms with Gasteiger partial charge in [0.15, 0.2) is 0 Å². The van der Waals surface area contributed by atoms with Crippen LogP contribution in [0.15, 0.2) is 43.1 Å². The maximum atomic E-state index is 12.6. The molecule has 0 aliphatic carbocycles. The molecule has 0 bridgehead atoms. The van der Waals surface area contributed by atoms with Crippen molar-refractivity contribution >= 4 is 11.9 Å². The van der Waals surface area contributed by atoms with Gasteiger partial charge in [-0.3, -0.25) is 4.79 Å². The topological polar surface area (TPSA) is 124 Å². The molecule has 1 aromatic carbocycles. The summed E-state index contributed by atoms with van der Waals surface area (Å²) >= 11 is 0. The molecule has 2 atom stereocenters. The molecule has 9 heteroatoms. The zero-order chi connectivity index (χ0) is 17.8. The predicted molar refractivity (Wildman–Crippen MR) is 91.3 cm³/mol.